The summed E-state index contributed by atoms with van der Waals surface area (Å²) in [6.45, 7) is 6.26. The maximum Gasteiger partial charge on any atom is 0.238 e. The molecule has 0 aliphatic rings. The van der Waals surface area contributed by atoms with Crippen molar-refractivity contribution >= 4 is 11.6 Å². The van der Waals surface area contributed by atoms with E-state index in [1.807, 2.05) is 31.3 Å². The predicted octanol–water partition coefficient (Wildman–Crippen LogP) is 1.89. The Hall–Kier alpha value is -1.39. The second-order valence-corrected chi connectivity index (χ2v) is 5.59. The van der Waals surface area contributed by atoms with Crippen LogP contribution in [0.25, 0.3) is 0 Å². The number of hydrogen-bond donors (Lipinski definition) is 2. The SMILES string of the molecule is CCc1cccc(NC(=O)CN(C)CC(C)(C)O)c1. The molecule has 1 amide bonds. The first-order valence-corrected chi connectivity index (χ1v) is 6.60. The molecule has 0 aliphatic carbocycles. The number of benzene rings is 1. The number of nitrogens with zero attached hydrogens (tertiary/aromatic N) is 1. The number of aliphatic hydroxyl groups is 1. The Labute approximate surface area is 115 Å². The Morgan fingerprint density at radius 2 is 2.11 bits per heavy atom. The van der Waals surface area contributed by atoms with Crippen molar-refractivity contribution in [3.63, 3.8) is 0 Å². The summed E-state index contributed by atoms with van der Waals surface area (Å²) in [5.74, 6) is -0.0694. The topological polar surface area (TPSA) is 52.6 Å². The van der Waals surface area contributed by atoms with Crippen LogP contribution in [0.2, 0.25) is 0 Å². The van der Waals surface area contributed by atoms with Gasteiger partial charge >= 0.3 is 0 Å². The van der Waals surface area contributed by atoms with Gasteiger partial charge in [-0.2, -0.15) is 0 Å². The van der Waals surface area contributed by atoms with Crippen LogP contribution in [0.15, 0.2) is 24.3 Å². The zero-order valence-corrected chi connectivity index (χ0v) is 12.2. The first kappa shape index (κ1) is 15.7. The maximum atomic E-state index is 11.9. The van der Waals surface area contributed by atoms with E-state index >= 15 is 0 Å². The van der Waals surface area contributed by atoms with Crippen LogP contribution in [0, 0.1) is 0 Å². The van der Waals surface area contributed by atoms with E-state index < -0.39 is 5.60 Å². The molecule has 0 bridgehead atoms. The van der Waals surface area contributed by atoms with Crippen molar-refractivity contribution in [1.82, 2.24) is 4.90 Å². The lowest BCUT2D eigenvalue weighted by Crippen LogP contribution is -2.40. The fraction of sp³-hybridized carbons (Fsp3) is 0.533. The highest BCUT2D eigenvalue weighted by molar-refractivity contribution is 5.92. The Balaban J connectivity index is 2.50. The predicted molar refractivity (Wildman–Crippen MR) is 78.2 cm³/mol. The molecule has 0 atom stereocenters. The number of nitrogens with one attached hydrogen (secondary N) is 1. The van der Waals surface area contributed by atoms with Gasteiger partial charge in [0.1, 0.15) is 0 Å². The van der Waals surface area contributed by atoms with Gasteiger partial charge < -0.3 is 10.4 Å². The molecule has 2 N–H and O–H groups in total. The van der Waals surface area contributed by atoms with Crippen molar-refractivity contribution in [2.45, 2.75) is 32.8 Å². The largest absolute Gasteiger partial charge is 0.389 e. The Bertz CT molecular complexity index is 424. The standard InChI is InChI=1S/C15H24N2O2/c1-5-12-7-6-8-13(9-12)16-14(18)10-17(4)11-15(2,3)19/h6-9,19H,5,10-11H2,1-4H3,(H,16,18). The van der Waals surface area contributed by atoms with Crippen molar-refractivity contribution in [1.29, 1.82) is 0 Å². The lowest BCUT2D eigenvalue weighted by atomic mass is 10.1. The van der Waals surface area contributed by atoms with Gasteiger partial charge in [0.15, 0.2) is 0 Å². The van der Waals surface area contributed by atoms with Crippen LogP contribution in [0.4, 0.5) is 5.69 Å². The van der Waals surface area contributed by atoms with Gasteiger partial charge in [0, 0.05) is 12.2 Å². The number of aryl methyl sites for hydroxylation is 1. The lowest BCUT2D eigenvalue weighted by Gasteiger charge is -2.24. The molecule has 106 valence electrons. The van der Waals surface area contributed by atoms with E-state index in [9.17, 15) is 9.90 Å². The monoisotopic (exact) mass is 264 g/mol. The van der Waals surface area contributed by atoms with Gasteiger partial charge in [0.25, 0.3) is 0 Å². The average molecular weight is 264 g/mol. The summed E-state index contributed by atoms with van der Waals surface area (Å²) in [6, 6.07) is 7.84. The summed E-state index contributed by atoms with van der Waals surface area (Å²) in [4.78, 5) is 13.7. The van der Waals surface area contributed by atoms with E-state index in [0.717, 1.165) is 12.1 Å². The summed E-state index contributed by atoms with van der Waals surface area (Å²) in [5, 5.41) is 12.6. The molecule has 1 aromatic rings. The number of likely N-dealkylation sites (N-methyl/N-ethyl adjacent to an activating group) is 1. The van der Waals surface area contributed by atoms with Gasteiger partial charge in [-0.15, -0.1) is 0 Å². The minimum atomic E-state index is -0.794. The molecule has 0 saturated carbocycles. The minimum absolute atomic E-state index is 0.0694. The molecular weight excluding hydrogens is 240 g/mol. The van der Waals surface area contributed by atoms with E-state index in [1.165, 1.54) is 5.56 Å². The molecule has 0 aromatic heterocycles. The van der Waals surface area contributed by atoms with E-state index in [-0.39, 0.29) is 12.5 Å². The first-order chi connectivity index (χ1) is 8.80. The summed E-state index contributed by atoms with van der Waals surface area (Å²) in [5.41, 5.74) is 1.22. The fourth-order valence-corrected chi connectivity index (χ4v) is 2.03. The zero-order valence-electron chi connectivity index (χ0n) is 12.2. The molecule has 4 nitrogen and oxygen atoms in total. The van der Waals surface area contributed by atoms with E-state index in [4.69, 9.17) is 0 Å². The van der Waals surface area contributed by atoms with E-state index in [1.54, 1.807) is 18.7 Å². The number of anilines is 1. The molecule has 1 rings (SSSR count). The number of amides is 1. The molecule has 0 fully saturated rings. The Morgan fingerprint density at radius 3 is 2.68 bits per heavy atom. The van der Waals surface area contributed by atoms with Crippen LogP contribution in [0.5, 0.6) is 0 Å². The third kappa shape index (κ3) is 6.36. The third-order valence-electron chi connectivity index (χ3n) is 2.69. The molecule has 0 unspecified atom stereocenters. The molecule has 0 heterocycles. The van der Waals surface area contributed by atoms with Gasteiger partial charge in [-0.25, -0.2) is 0 Å². The Kier molecular flexibility index (Phi) is 5.51. The van der Waals surface area contributed by atoms with Gasteiger partial charge in [-0.05, 0) is 45.0 Å². The normalized spacial score (nSPS) is 11.7. The molecule has 0 radical (unpaired) electrons. The highest BCUT2D eigenvalue weighted by Crippen LogP contribution is 2.11. The molecule has 1 aromatic carbocycles. The van der Waals surface area contributed by atoms with Gasteiger partial charge in [0.05, 0.1) is 12.1 Å². The molecule has 0 aliphatic heterocycles. The smallest absolute Gasteiger partial charge is 0.238 e. The number of carbonyl (C=O) groups is 1. The minimum Gasteiger partial charge on any atom is -0.389 e. The molecule has 4 heteroatoms. The summed E-state index contributed by atoms with van der Waals surface area (Å²) in [7, 11) is 1.82. The summed E-state index contributed by atoms with van der Waals surface area (Å²) >= 11 is 0. The van der Waals surface area contributed by atoms with Crippen LogP contribution in [-0.2, 0) is 11.2 Å². The van der Waals surface area contributed by atoms with Crippen molar-refractivity contribution < 1.29 is 9.90 Å². The number of rotatable bonds is 6. The van der Waals surface area contributed by atoms with Crippen LogP contribution >= 0.6 is 0 Å². The quantitative estimate of drug-likeness (QED) is 0.825. The molecule has 19 heavy (non-hydrogen) atoms. The van der Waals surface area contributed by atoms with Gasteiger partial charge in [0.2, 0.25) is 5.91 Å². The van der Waals surface area contributed by atoms with Gasteiger partial charge in [-0.1, -0.05) is 19.1 Å². The van der Waals surface area contributed by atoms with Crippen LogP contribution in [0.1, 0.15) is 26.3 Å². The van der Waals surface area contributed by atoms with Crippen molar-refractivity contribution in [2.75, 3.05) is 25.5 Å². The molecular formula is C15H24N2O2. The number of hydrogen-bond acceptors (Lipinski definition) is 3. The fourth-order valence-electron chi connectivity index (χ4n) is 2.03. The summed E-state index contributed by atoms with van der Waals surface area (Å²) < 4.78 is 0. The second-order valence-electron chi connectivity index (χ2n) is 5.59. The van der Waals surface area contributed by atoms with Crippen molar-refractivity contribution in [2.24, 2.45) is 0 Å². The highest BCUT2D eigenvalue weighted by atomic mass is 16.3. The second kappa shape index (κ2) is 6.68. The maximum absolute atomic E-state index is 11.9. The van der Waals surface area contributed by atoms with Crippen LogP contribution in [0.3, 0.4) is 0 Å². The molecule has 0 spiro atoms. The van der Waals surface area contributed by atoms with E-state index in [2.05, 4.69) is 12.2 Å². The van der Waals surface area contributed by atoms with Crippen LogP contribution < -0.4 is 5.32 Å². The Morgan fingerprint density at radius 1 is 1.42 bits per heavy atom. The number of carbonyl (C=O) groups excluding carboxylic acids is 1. The first-order valence-electron chi connectivity index (χ1n) is 6.60. The van der Waals surface area contributed by atoms with Gasteiger partial charge in [-0.3, -0.25) is 9.69 Å². The molecule has 0 saturated heterocycles. The van der Waals surface area contributed by atoms with E-state index in [0.29, 0.717) is 6.54 Å². The van der Waals surface area contributed by atoms with Crippen molar-refractivity contribution in [3.05, 3.63) is 29.8 Å². The van der Waals surface area contributed by atoms with Crippen molar-refractivity contribution in [3.8, 4) is 0 Å². The highest BCUT2D eigenvalue weighted by Gasteiger charge is 2.17. The van der Waals surface area contributed by atoms with Crippen LogP contribution in [-0.4, -0.2) is 41.7 Å². The lowest BCUT2D eigenvalue weighted by molar-refractivity contribution is -0.117. The zero-order chi connectivity index (χ0) is 14.5. The average Bonchev–Trinajstić information content (AvgIpc) is 2.26. The summed E-state index contributed by atoms with van der Waals surface area (Å²) in [6.07, 6.45) is 0.947. The third-order valence-corrected chi connectivity index (χ3v) is 2.69.